The zero-order chi connectivity index (χ0) is 23.8. The fourth-order valence-electron chi connectivity index (χ4n) is 3.12. The van der Waals surface area contributed by atoms with Gasteiger partial charge in [0.1, 0.15) is 40.5 Å². The van der Waals surface area contributed by atoms with Crippen LogP contribution in [0.3, 0.4) is 0 Å². The Balaban J connectivity index is 2.31. The van der Waals surface area contributed by atoms with Crippen molar-refractivity contribution < 1.29 is 22.7 Å². The topological polar surface area (TPSA) is 97.0 Å². The van der Waals surface area contributed by atoms with Crippen LogP contribution in [0.25, 0.3) is 16.6 Å². The summed E-state index contributed by atoms with van der Waals surface area (Å²) < 4.78 is 48.4. The molecular weight excluding hydrogens is 425 g/mol. The molecule has 1 N–H and O–H groups in total. The highest BCUT2D eigenvalue weighted by atomic mass is 19.1. The fourth-order valence-corrected chi connectivity index (χ4v) is 3.12. The quantitative estimate of drug-likeness (QED) is 0.651. The molecule has 1 aromatic heterocycles. The van der Waals surface area contributed by atoms with Gasteiger partial charge in [0.2, 0.25) is 0 Å². The molecule has 0 aliphatic rings. The van der Waals surface area contributed by atoms with Crippen LogP contribution in [-0.4, -0.2) is 21.2 Å². The van der Waals surface area contributed by atoms with E-state index in [0.29, 0.717) is 6.07 Å². The molecule has 0 aliphatic carbocycles. The summed E-state index contributed by atoms with van der Waals surface area (Å²) in [6.45, 7) is 6.39. The summed E-state index contributed by atoms with van der Waals surface area (Å²) >= 11 is 0. The standard InChI is InChI=1S/C22H19F3N4O3/c1-11(27-21(31)32-22(2,3)4)19-28-18-16(25)6-5-12(10-26)17(18)20(30)29(19)15-8-13(23)7-14(24)9-15/h5-9,11H,1-4H3,(H,27,31)/t11-/m0/s1. The van der Waals surface area contributed by atoms with Crippen LogP contribution in [0.4, 0.5) is 18.0 Å². The van der Waals surface area contributed by atoms with E-state index in [1.54, 1.807) is 26.8 Å². The van der Waals surface area contributed by atoms with Gasteiger partial charge in [-0.05, 0) is 52.0 Å². The van der Waals surface area contributed by atoms with E-state index in [9.17, 15) is 28.0 Å². The lowest BCUT2D eigenvalue weighted by Gasteiger charge is -2.23. The fraction of sp³-hybridized carbons (Fsp3) is 0.273. The molecule has 0 unspecified atom stereocenters. The molecule has 1 heterocycles. The zero-order valence-electron chi connectivity index (χ0n) is 17.7. The van der Waals surface area contributed by atoms with E-state index in [4.69, 9.17) is 4.74 Å². The van der Waals surface area contributed by atoms with Gasteiger partial charge in [-0.25, -0.2) is 22.9 Å². The summed E-state index contributed by atoms with van der Waals surface area (Å²) in [5.41, 5.74) is -2.56. The lowest BCUT2D eigenvalue weighted by Crippen LogP contribution is -2.37. The van der Waals surface area contributed by atoms with Crippen molar-refractivity contribution >= 4 is 17.0 Å². The van der Waals surface area contributed by atoms with Crippen molar-refractivity contribution in [2.45, 2.75) is 39.3 Å². The molecule has 0 radical (unpaired) electrons. The van der Waals surface area contributed by atoms with Crippen molar-refractivity contribution in [3.63, 3.8) is 0 Å². The summed E-state index contributed by atoms with van der Waals surface area (Å²) in [4.78, 5) is 29.7. The number of rotatable bonds is 3. The van der Waals surface area contributed by atoms with E-state index >= 15 is 0 Å². The molecule has 0 fully saturated rings. The van der Waals surface area contributed by atoms with Gasteiger partial charge in [0.25, 0.3) is 5.56 Å². The van der Waals surface area contributed by atoms with Crippen molar-refractivity contribution in [2.75, 3.05) is 0 Å². The normalized spacial score (nSPS) is 12.3. The Hall–Kier alpha value is -3.87. The third-order valence-corrected chi connectivity index (χ3v) is 4.35. The van der Waals surface area contributed by atoms with Crippen LogP contribution in [0, 0.1) is 28.8 Å². The van der Waals surface area contributed by atoms with Crippen LogP contribution in [-0.2, 0) is 4.74 Å². The number of benzene rings is 2. The maximum atomic E-state index is 14.5. The van der Waals surface area contributed by atoms with Crippen LogP contribution in [0.5, 0.6) is 0 Å². The number of carbonyl (C=O) groups excluding carboxylic acids is 1. The van der Waals surface area contributed by atoms with Crippen LogP contribution in [0.2, 0.25) is 0 Å². The predicted octanol–water partition coefficient (Wildman–Crippen LogP) is 4.26. The van der Waals surface area contributed by atoms with Crippen molar-refractivity contribution in [2.24, 2.45) is 0 Å². The Bertz CT molecular complexity index is 1300. The number of fused-ring (bicyclic) bond motifs is 1. The summed E-state index contributed by atoms with van der Waals surface area (Å²) in [6.07, 6.45) is -0.845. The summed E-state index contributed by atoms with van der Waals surface area (Å²) in [7, 11) is 0. The van der Waals surface area contributed by atoms with Gasteiger partial charge in [0.05, 0.1) is 22.7 Å². The predicted molar refractivity (Wildman–Crippen MR) is 110 cm³/mol. The lowest BCUT2D eigenvalue weighted by atomic mass is 10.1. The van der Waals surface area contributed by atoms with E-state index < -0.39 is 46.3 Å². The third kappa shape index (κ3) is 4.56. The van der Waals surface area contributed by atoms with E-state index in [1.807, 2.05) is 0 Å². The molecule has 10 heteroatoms. The second-order valence-corrected chi connectivity index (χ2v) is 8.04. The number of carbonyl (C=O) groups is 1. The Labute approximate surface area is 181 Å². The minimum Gasteiger partial charge on any atom is -0.444 e. The molecule has 7 nitrogen and oxygen atoms in total. The number of hydrogen-bond acceptors (Lipinski definition) is 5. The monoisotopic (exact) mass is 444 g/mol. The largest absolute Gasteiger partial charge is 0.444 e. The summed E-state index contributed by atoms with van der Waals surface area (Å²) in [6, 6.07) is 5.22. The lowest BCUT2D eigenvalue weighted by molar-refractivity contribution is 0.0505. The number of nitrogens with one attached hydrogen (secondary N) is 1. The SMILES string of the molecule is C[C@H](NC(=O)OC(C)(C)C)c1nc2c(F)ccc(C#N)c2c(=O)n1-c1cc(F)cc(F)c1. The molecule has 166 valence electrons. The Kier molecular flexibility index (Phi) is 5.94. The van der Waals surface area contributed by atoms with Crippen molar-refractivity contribution in [1.82, 2.24) is 14.9 Å². The number of halogens is 3. The molecule has 0 spiro atoms. The number of ether oxygens (including phenoxy) is 1. The van der Waals surface area contributed by atoms with Gasteiger partial charge < -0.3 is 10.1 Å². The average Bonchev–Trinajstić information content (AvgIpc) is 2.66. The van der Waals surface area contributed by atoms with Gasteiger partial charge in [-0.3, -0.25) is 9.36 Å². The van der Waals surface area contributed by atoms with E-state index in [1.165, 1.54) is 6.92 Å². The molecule has 1 atom stereocenters. The molecule has 3 rings (SSSR count). The van der Waals surface area contributed by atoms with Crippen molar-refractivity contribution in [3.8, 4) is 11.8 Å². The highest BCUT2D eigenvalue weighted by Gasteiger charge is 2.25. The number of alkyl carbamates (subject to hydrolysis) is 1. The second-order valence-electron chi connectivity index (χ2n) is 8.04. The first kappa shape index (κ1) is 22.8. The highest BCUT2D eigenvalue weighted by molar-refractivity contribution is 5.85. The number of hydrogen-bond donors (Lipinski definition) is 1. The number of nitrogens with zero attached hydrogens (tertiary/aromatic N) is 3. The van der Waals surface area contributed by atoms with Gasteiger partial charge in [0, 0.05) is 6.07 Å². The third-order valence-electron chi connectivity index (χ3n) is 4.35. The maximum absolute atomic E-state index is 14.5. The Morgan fingerprint density at radius 2 is 1.81 bits per heavy atom. The molecule has 1 amide bonds. The van der Waals surface area contributed by atoms with Crippen LogP contribution >= 0.6 is 0 Å². The smallest absolute Gasteiger partial charge is 0.408 e. The van der Waals surface area contributed by atoms with Crippen LogP contribution in [0.15, 0.2) is 35.1 Å². The average molecular weight is 444 g/mol. The first-order valence-electron chi connectivity index (χ1n) is 9.52. The first-order chi connectivity index (χ1) is 14.9. The van der Waals surface area contributed by atoms with Gasteiger partial charge in [-0.2, -0.15) is 5.26 Å². The summed E-state index contributed by atoms with van der Waals surface area (Å²) in [5, 5.41) is 11.5. The molecule has 2 aromatic carbocycles. The van der Waals surface area contributed by atoms with Gasteiger partial charge >= 0.3 is 6.09 Å². The first-order valence-corrected chi connectivity index (χ1v) is 9.52. The number of nitriles is 1. The highest BCUT2D eigenvalue weighted by Crippen LogP contribution is 2.23. The molecule has 32 heavy (non-hydrogen) atoms. The van der Waals surface area contributed by atoms with Gasteiger partial charge in [0.15, 0.2) is 0 Å². The van der Waals surface area contributed by atoms with Crippen molar-refractivity contribution in [3.05, 3.63) is 69.5 Å². The minimum atomic E-state index is -1.04. The maximum Gasteiger partial charge on any atom is 0.408 e. The van der Waals surface area contributed by atoms with E-state index in [2.05, 4.69) is 10.3 Å². The van der Waals surface area contributed by atoms with E-state index in [-0.39, 0.29) is 22.5 Å². The van der Waals surface area contributed by atoms with Crippen LogP contribution < -0.4 is 10.9 Å². The molecule has 0 bridgehead atoms. The molecule has 0 aliphatic heterocycles. The zero-order valence-corrected chi connectivity index (χ0v) is 17.7. The molecule has 3 aromatic rings. The van der Waals surface area contributed by atoms with Crippen molar-refractivity contribution in [1.29, 1.82) is 5.26 Å². The molecule has 0 saturated heterocycles. The summed E-state index contributed by atoms with van der Waals surface area (Å²) in [5.74, 6) is -3.03. The van der Waals surface area contributed by atoms with E-state index in [0.717, 1.165) is 28.8 Å². The number of amides is 1. The Morgan fingerprint density at radius 3 is 2.38 bits per heavy atom. The molecule has 0 saturated carbocycles. The van der Waals surface area contributed by atoms with Gasteiger partial charge in [-0.15, -0.1) is 0 Å². The number of aromatic nitrogens is 2. The van der Waals surface area contributed by atoms with Crippen LogP contribution in [0.1, 0.15) is 45.1 Å². The second kappa shape index (κ2) is 8.34. The van der Waals surface area contributed by atoms with Gasteiger partial charge in [-0.1, -0.05) is 0 Å². The molecular formula is C22H19F3N4O3. The minimum absolute atomic E-state index is 0.163. The Morgan fingerprint density at radius 1 is 1.19 bits per heavy atom.